The highest BCUT2D eigenvalue weighted by Gasteiger charge is 2.49. The van der Waals surface area contributed by atoms with E-state index in [4.69, 9.17) is 0 Å². The molecule has 19 heavy (non-hydrogen) atoms. The highest BCUT2D eigenvalue weighted by Crippen LogP contribution is 2.30. The molecule has 0 unspecified atom stereocenters. The molecule has 0 saturated carbocycles. The van der Waals surface area contributed by atoms with Gasteiger partial charge in [-0.1, -0.05) is 12.8 Å². The maximum atomic E-state index is 12.1. The van der Waals surface area contributed by atoms with Gasteiger partial charge in [0.1, 0.15) is 0 Å². The number of nitrogens with zero attached hydrogens (tertiary/aromatic N) is 2. The third-order valence-corrected chi connectivity index (χ3v) is 7.23. The van der Waals surface area contributed by atoms with E-state index < -0.39 is 9.84 Å². The maximum Gasteiger partial charge on any atom is 0.157 e. The van der Waals surface area contributed by atoms with Gasteiger partial charge in [-0.2, -0.15) is 0 Å². The molecule has 3 heterocycles. The van der Waals surface area contributed by atoms with Gasteiger partial charge in [-0.25, -0.2) is 8.42 Å². The fourth-order valence-electron chi connectivity index (χ4n) is 3.81. The average molecular weight is 286 g/mol. The quantitative estimate of drug-likeness (QED) is 0.780. The number of sulfone groups is 1. The Hall–Kier alpha value is -0.130. The van der Waals surface area contributed by atoms with Crippen molar-refractivity contribution in [3.8, 4) is 0 Å². The fraction of sp³-hybridized carbons (Fsp3) is 1.00. The first-order valence-electron chi connectivity index (χ1n) is 7.85. The summed E-state index contributed by atoms with van der Waals surface area (Å²) < 4.78 is 24.2. The van der Waals surface area contributed by atoms with Crippen molar-refractivity contribution in [3.63, 3.8) is 0 Å². The number of hydrogen-bond acceptors (Lipinski definition) is 4. The minimum Gasteiger partial charge on any atom is -0.302 e. The van der Waals surface area contributed by atoms with E-state index in [0.29, 0.717) is 11.8 Å². The predicted octanol–water partition coefficient (Wildman–Crippen LogP) is 1.12. The van der Waals surface area contributed by atoms with Crippen molar-refractivity contribution in [2.45, 2.75) is 49.8 Å². The molecule has 0 spiro atoms. The van der Waals surface area contributed by atoms with E-state index in [9.17, 15) is 8.42 Å². The van der Waals surface area contributed by atoms with E-state index >= 15 is 0 Å². The first kappa shape index (κ1) is 13.8. The molecule has 5 heteroatoms. The minimum absolute atomic E-state index is 0.108. The molecular weight excluding hydrogens is 260 g/mol. The summed E-state index contributed by atoms with van der Waals surface area (Å²) in [5.74, 6) is 0.408. The zero-order chi connectivity index (χ0) is 13.3. The number of rotatable bonds is 3. The predicted molar refractivity (Wildman–Crippen MR) is 77.1 cm³/mol. The second-order valence-corrected chi connectivity index (χ2v) is 8.66. The second-order valence-electron chi connectivity index (χ2n) is 6.39. The van der Waals surface area contributed by atoms with Crippen molar-refractivity contribution in [2.24, 2.45) is 0 Å². The molecule has 0 radical (unpaired) electrons. The molecule has 4 nitrogen and oxygen atoms in total. The lowest BCUT2D eigenvalue weighted by molar-refractivity contribution is 0.134. The molecule has 2 atom stereocenters. The molecule has 0 aliphatic carbocycles. The Morgan fingerprint density at radius 3 is 2.00 bits per heavy atom. The molecule has 0 bridgehead atoms. The molecule has 0 amide bonds. The maximum absolute atomic E-state index is 12.1. The van der Waals surface area contributed by atoms with Gasteiger partial charge in [-0.15, -0.1) is 0 Å². The first-order chi connectivity index (χ1) is 9.17. The van der Waals surface area contributed by atoms with Gasteiger partial charge < -0.3 is 4.90 Å². The van der Waals surface area contributed by atoms with Crippen molar-refractivity contribution < 1.29 is 8.42 Å². The third-order valence-electron chi connectivity index (χ3n) is 5.04. The van der Waals surface area contributed by atoms with Crippen LogP contribution in [0.3, 0.4) is 0 Å². The molecule has 3 aliphatic heterocycles. The molecule has 3 rings (SSSR count). The van der Waals surface area contributed by atoms with Crippen molar-refractivity contribution >= 4 is 9.84 Å². The Labute approximate surface area is 117 Å². The highest BCUT2D eigenvalue weighted by molar-refractivity contribution is 7.93. The molecule has 3 fully saturated rings. The second kappa shape index (κ2) is 5.70. The van der Waals surface area contributed by atoms with Gasteiger partial charge in [0.05, 0.1) is 11.0 Å². The van der Waals surface area contributed by atoms with E-state index in [-0.39, 0.29) is 5.25 Å². The zero-order valence-corrected chi connectivity index (χ0v) is 12.6. The highest BCUT2D eigenvalue weighted by atomic mass is 32.2. The topological polar surface area (TPSA) is 40.6 Å². The summed E-state index contributed by atoms with van der Waals surface area (Å²) in [6, 6.07) is 0.312. The normalized spacial score (nSPS) is 36.8. The van der Waals surface area contributed by atoms with Gasteiger partial charge >= 0.3 is 0 Å². The lowest BCUT2D eigenvalue weighted by Crippen LogP contribution is -2.64. The SMILES string of the molecule is O=S1(=O)C[C@@H](N2CCCCC2)[C@@H]1CN1CCCCC1. The number of likely N-dealkylation sites (tertiary alicyclic amines) is 2. The van der Waals surface area contributed by atoms with Gasteiger partial charge in [0.2, 0.25) is 0 Å². The summed E-state index contributed by atoms with van der Waals surface area (Å²) >= 11 is 0. The van der Waals surface area contributed by atoms with Gasteiger partial charge in [0, 0.05) is 12.6 Å². The molecule has 3 saturated heterocycles. The molecular formula is C14H26N2O2S. The summed E-state index contributed by atoms with van der Waals surface area (Å²) in [5, 5.41) is -0.108. The summed E-state index contributed by atoms with van der Waals surface area (Å²) in [6.45, 7) is 5.19. The Balaban J connectivity index is 1.62. The van der Waals surface area contributed by atoms with E-state index in [1.54, 1.807) is 0 Å². The summed E-state index contributed by atoms with van der Waals surface area (Å²) in [6.07, 6.45) is 7.58. The van der Waals surface area contributed by atoms with Gasteiger partial charge in [0.25, 0.3) is 0 Å². The average Bonchev–Trinajstić information content (AvgIpc) is 2.45. The van der Waals surface area contributed by atoms with Crippen LogP contribution in [0.4, 0.5) is 0 Å². The lowest BCUT2D eigenvalue weighted by atomic mass is 10.0. The van der Waals surface area contributed by atoms with Crippen LogP contribution >= 0.6 is 0 Å². The van der Waals surface area contributed by atoms with Crippen LogP contribution in [0.25, 0.3) is 0 Å². The minimum atomic E-state index is -2.80. The van der Waals surface area contributed by atoms with Crippen LogP contribution in [0.2, 0.25) is 0 Å². The molecule has 3 aliphatic rings. The largest absolute Gasteiger partial charge is 0.302 e. The molecule has 0 aromatic heterocycles. The van der Waals surface area contributed by atoms with Crippen molar-refractivity contribution in [1.29, 1.82) is 0 Å². The lowest BCUT2D eigenvalue weighted by Gasteiger charge is -2.47. The Kier molecular flexibility index (Phi) is 4.15. The van der Waals surface area contributed by atoms with E-state index in [2.05, 4.69) is 9.80 Å². The van der Waals surface area contributed by atoms with Crippen molar-refractivity contribution in [2.75, 3.05) is 38.5 Å². The van der Waals surface area contributed by atoms with Crippen LogP contribution in [-0.2, 0) is 9.84 Å². The Morgan fingerprint density at radius 1 is 0.842 bits per heavy atom. The van der Waals surface area contributed by atoms with Crippen LogP contribution in [-0.4, -0.2) is 68.0 Å². The van der Waals surface area contributed by atoms with Crippen LogP contribution in [0.15, 0.2) is 0 Å². The van der Waals surface area contributed by atoms with Crippen LogP contribution in [0.5, 0.6) is 0 Å². The van der Waals surface area contributed by atoms with Gasteiger partial charge in [-0.3, -0.25) is 4.90 Å². The third kappa shape index (κ3) is 2.98. The van der Waals surface area contributed by atoms with Crippen molar-refractivity contribution in [1.82, 2.24) is 9.80 Å². The van der Waals surface area contributed by atoms with Crippen LogP contribution < -0.4 is 0 Å². The molecule has 0 aromatic carbocycles. The molecule has 0 N–H and O–H groups in total. The Morgan fingerprint density at radius 2 is 1.42 bits per heavy atom. The monoisotopic (exact) mass is 286 g/mol. The van der Waals surface area contributed by atoms with E-state index in [1.165, 1.54) is 38.5 Å². The number of hydrogen-bond donors (Lipinski definition) is 0. The molecule has 110 valence electrons. The van der Waals surface area contributed by atoms with Gasteiger partial charge in [0.15, 0.2) is 9.84 Å². The summed E-state index contributed by atoms with van der Waals surface area (Å²) in [4.78, 5) is 4.82. The van der Waals surface area contributed by atoms with E-state index in [0.717, 1.165) is 32.7 Å². The summed E-state index contributed by atoms with van der Waals surface area (Å²) in [7, 11) is -2.80. The van der Waals surface area contributed by atoms with Crippen LogP contribution in [0, 0.1) is 0 Å². The number of piperidine rings is 2. The van der Waals surface area contributed by atoms with Crippen LogP contribution in [0.1, 0.15) is 38.5 Å². The zero-order valence-electron chi connectivity index (χ0n) is 11.8. The first-order valence-corrected chi connectivity index (χ1v) is 9.56. The summed E-state index contributed by atoms with van der Waals surface area (Å²) in [5.41, 5.74) is 0. The van der Waals surface area contributed by atoms with Crippen molar-refractivity contribution in [3.05, 3.63) is 0 Å². The fourth-order valence-corrected chi connectivity index (χ4v) is 5.80. The molecule has 0 aromatic rings. The van der Waals surface area contributed by atoms with E-state index in [1.807, 2.05) is 0 Å². The standard InChI is InChI=1S/C14H26N2O2S/c17-19(18)12-13(16-9-5-2-6-10-16)14(19)11-15-7-3-1-4-8-15/h13-14H,1-12H2/t13-,14+/m1/s1. The smallest absolute Gasteiger partial charge is 0.157 e. The van der Waals surface area contributed by atoms with Gasteiger partial charge in [-0.05, 0) is 51.9 Å². The Bertz CT molecular complexity index is 398.